The van der Waals surface area contributed by atoms with Crippen molar-refractivity contribution in [3.05, 3.63) is 58.9 Å². The van der Waals surface area contributed by atoms with E-state index in [1.807, 2.05) is 43.3 Å². The Bertz CT molecular complexity index is 1180. The van der Waals surface area contributed by atoms with Crippen molar-refractivity contribution in [3.63, 3.8) is 0 Å². The Labute approximate surface area is 174 Å². The number of aryl methyl sites for hydroxylation is 1. The first-order valence-electron chi connectivity index (χ1n) is 9.77. The molecule has 4 rings (SSSR count). The van der Waals surface area contributed by atoms with Gasteiger partial charge in [-0.25, -0.2) is 4.98 Å². The lowest BCUT2D eigenvalue weighted by molar-refractivity contribution is -0.134. The number of Topliss-reactive ketones (excluding diaryl/α,β-unsaturated/α-hetero) is 1. The van der Waals surface area contributed by atoms with Crippen LogP contribution in [0.2, 0.25) is 0 Å². The predicted octanol–water partition coefficient (Wildman–Crippen LogP) is 2.83. The van der Waals surface area contributed by atoms with E-state index in [0.29, 0.717) is 29.2 Å². The monoisotopic (exact) mass is 405 g/mol. The third kappa shape index (κ3) is 3.59. The average molecular weight is 405 g/mol. The van der Waals surface area contributed by atoms with E-state index in [1.54, 1.807) is 24.8 Å². The van der Waals surface area contributed by atoms with Gasteiger partial charge in [-0.15, -0.1) is 0 Å². The molecule has 30 heavy (non-hydrogen) atoms. The summed E-state index contributed by atoms with van der Waals surface area (Å²) in [5.74, 6) is 0.513. The molecule has 0 spiro atoms. The van der Waals surface area contributed by atoms with Crippen LogP contribution in [0.3, 0.4) is 0 Å². The maximum atomic E-state index is 13.0. The SMILES string of the molecule is CNCCC(=O)Oc1c(C2=Cc3ccc(OC)cc3CC2=O)nc2c(C)cccn12. The summed E-state index contributed by atoms with van der Waals surface area (Å²) in [6.07, 6.45) is 4.04. The second kappa shape index (κ2) is 8.12. The molecular weight excluding hydrogens is 382 g/mol. The zero-order valence-corrected chi connectivity index (χ0v) is 17.2. The Morgan fingerprint density at radius 2 is 2.13 bits per heavy atom. The van der Waals surface area contributed by atoms with Crippen molar-refractivity contribution >= 4 is 29.0 Å². The minimum absolute atomic E-state index is 0.0793. The van der Waals surface area contributed by atoms with Crippen LogP contribution in [-0.4, -0.2) is 41.8 Å². The molecule has 0 saturated carbocycles. The second-order valence-corrected chi connectivity index (χ2v) is 7.20. The Hall–Kier alpha value is -3.45. The van der Waals surface area contributed by atoms with E-state index in [2.05, 4.69) is 10.3 Å². The molecule has 2 aromatic heterocycles. The minimum atomic E-state index is -0.386. The zero-order chi connectivity index (χ0) is 21.3. The number of esters is 1. The number of imidazole rings is 1. The van der Waals surface area contributed by atoms with Crippen molar-refractivity contribution in [2.75, 3.05) is 20.7 Å². The summed E-state index contributed by atoms with van der Waals surface area (Å²) >= 11 is 0. The van der Waals surface area contributed by atoms with Gasteiger partial charge in [0.15, 0.2) is 5.78 Å². The topological polar surface area (TPSA) is 81.9 Å². The van der Waals surface area contributed by atoms with Crippen LogP contribution in [0.4, 0.5) is 0 Å². The fourth-order valence-corrected chi connectivity index (χ4v) is 3.55. The summed E-state index contributed by atoms with van der Waals surface area (Å²) in [7, 11) is 3.37. The van der Waals surface area contributed by atoms with Crippen LogP contribution in [0.15, 0.2) is 36.5 Å². The molecule has 0 amide bonds. The summed E-state index contributed by atoms with van der Waals surface area (Å²) in [5, 5.41) is 2.93. The lowest BCUT2D eigenvalue weighted by atomic mass is 9.89. The predicted molar refractivity (Wildman–Crippen MR) is 114 cm³/mol. The Kier molecular flexibility index (Phi) is 5.37. The van der Waals surface area contributed by atoms with Gasteiger partial charge in [0.1, 0.15) is 17.1 Å². The zero-order valence-electron chi connectivity index (χ0n) is 17.2. The third-order valence-corrected chi connectivity index (χ3v) is 5.15. The van der Waals surface area contributed by atoms with Crippen molar-refractivity contribution in [1.82, 2.24) is 14.7 Å². The molecule has 2 heterocycles. The second-order valence-electron chi connectivity index (χ2n) is 7.20. The van der Waals surface area contributed by atoms with E-state index >= 15 is 0 Å². The van der Waals surface area contributed by atoms with E-state index in [1.165, 1.54) is 0 Å². The Balaban J connectivity index is 1.84. The maximum Gasteiger partial charge on any atom is 0.313 e. The smallest absolute Gasteiger partial charge is 0.313 e. The van der Waals surface area contributed by atoms with Crippen molar-refractivity contribution in [3.8, 4) is 11.6 Å². The van der Waals surface area contributed by atoms with Crippen LogP contribution < -0.4 is 14.8 Å². The van der Waals surface area contributed by atoms with Gasteiger partial charge in [0.25, 0.3) is 0 Å². The number of rotatable bonds is 6. The number of nitrogens with zero attached hydrogens (tertiary/aromatic N) is 2. The van der Waals surface area contributed by atoms with Gasteiger partial charge >= 0.3 is 5.97 Å². The van der Waals surface area contributed by atoms with Gasteiger partial charge in [-0.05, 0) is 54.9 Å². The van der Waals surface area contributed by atoms with E-state index < -0.39 is 0 Å². The van der Waals surface area contributed by atoms with Gasteiger partial charge in [-0.2, -0.15) is 0 Å². The van der Waals surface area contributed by atoms with Gasteiger partial charge in [-0.1, -0.05) is 12.1 Å². The third-order valence-electron chi connectivity index (χ3n) is 5.15. The van der Waals surface area contributed by atoms with Crippen LogP contribution in [-0.2, 0) is 16.0 Å². The molecule has 0 saturated heterocycles. The highest BCUT2D eigenvalue weighted by molar-refractivity contribution is 6.27. The van der Waals surface area contributed by atoms with Crippen LogP contribution in [0, 0.1) is 6.92 Å². The molecule has 7 heteroatoms. The van der Waals surface area contributed by atoms with Gasteiger partial charge < -0.3 is 14.8 Å². The molecule has 0 atom stereocenters. The molecule has 0 bridgehead atoms. The molecule has 7 nitrogen and oxygen atoms in total. The fourth-order valence-electron chi connectivity index (χ4n) is 3.55. The van der Waals surface area contributed by atoms with E-state index in [-0.39, 0.29) is 30.5 Å². The molecule has 154 valence electrons. The van der Waals surface area contributed by atoms with E-state index in [4.69, 9.17) is 9.47 Å². The molecule has 0 unspecified atom stereocenters. The standard InChI is InChI=1S/C23H23N3O4/c1-14-5-4-10-26-22(14)25-21(23(26)30-20(28)8-9-24-2)18-12-15-6-7-17(29-3)11-16(15)13-19(18)27/h4-7,10-12,24H,8-9,13H2,1-3H3. The first-order valence-corrected chi connectivity index (χ1v) is 9.77. The largest absolute Gasteiger partial charge is 0.497 e. The lowest BCUT2D eigenvalue weighted by Gasteiger charge is -2.16. The molecule has 0 aliphatic heterocycles. The van der Waals surface area contributed by atoms with Gasteiger partial charge in [0.05, 0.1) is 13.5 Å². The van der Waals surface area contributed by atoms with Crippen molar-refractivity contribution in [2.24, 2.45) is 0 Å². The number of ether oxygens (including phenoxy) is 2. The summed E-state index contributed by atoms with van der Waals surface area (Å²) in [4.78, 5) is 30.1. The van der Waals surface area contributed by atoms with Crippen LogP contribution in [0.5, 0.6) is 11.6 Å². The lowest BCUT2D eigenvalue weighted by Crippen LogP contribution is -2.18. The summed E-state index contributed by atoms with van der Waals surface area (Å²) in [6, 6.07) is 9.43. The molecule has 0 fully saturated rings. The normalized spacial score (nSPS) is 13.2. The van der Waals surface area contributed by atoms with Gasteiger partial charge in [-0.3, -0.25) is 14.0 Å². The highest BCUT2D eigenvalue weighted by Crippen LogP contribution is 2.35. The number of aromatic nitrogens is 2. The number of hydrogen-bond acceptors (Lipinski definition) is 6. The molecule has 1 aliphatic rings. The van der Waals surface area contributed by atoms with Crippen LogP contribution >= 0.6 is 0 Å². The summed E-state index contributed by atoms with van der Waals surface area (Å²) < 4.78 is 12.7. The van der Waals surface area contributed by atoms with E-state index in [0.717, 1.165) is 16.7 Å². The number of hydrogen-bond donors (Lipinski definition) is 1. The van der Waals surface area contributed by atoms with Crippen molar-refractivity contribution < 1.29 is 19.1 Å². The van der Waals surface area contributed by atoms with Crippen molar-refractivity contribution in [2.45, 2.75) is 19.8 Å². The molecule has 1 aromatic carbocycles. The molecule has 0 radical (unpaired) electrons. The highest BCUT2D eigenvalue weighted by Gasteiger charge is 2.28. The number of methoxy groups -OCH3 is 1. The number of ketones is 1. The highest BCUT2D eigenvalue weighted by atomic mass is 16.5. The number of pyridine rings is 1. The minimum Gasteiger partial charge on any atom is -0.497 e. The van der Waals surface area contributed by atoms with Crippen LogP contribution in [0.1, 0.15) is 28.8 Å². The van der Waals surface area contributed by atoms with Gasteiger partial charge in [0, 0.05) is 24.7 Å². The van der Waals surface area contributed by atoms with Gasteiger partial charge in [0.2, 0.25) is 5.88 Å². The molecular formula is C23H23N3O4. The number of allylic oxidation sites excluding steroid dienone is 1. The van der Waals surface area contributed by atoms with Crippen LogP contribution in [0.25, 0.3) is 17.3 Å². The Morgan fingerprint density at radius 3 is 2.90 bits per heavy atom. The molecule has 1 N–H and O–H groups in total. The number of carbonyl (C=O) groups is 2. The number of fused-ring (bicyclic) bond motifs is 2. The van der Waals surface area contributed by atoms with E-state index in [9.17, 15) is 9.59 Å². The quantitative estimate of drug-likeness (QED) is 0.635. The average Bonchev–Trinajstić information content (AvgIpc) is 3.10. The summed E-state index contributed by atoms with van der Waals surface area (Å²) in [5.41, 5.74) is 4.21. The maximum absolute atomic E-state index is 13.0. The first-order chi connectivity index (χ1) is 14.5. The first kappa shape index (κ1) is 19.8. The fraction of sp³-hybridized carbons (Fsp3) is 0.261. The number of carbonyl (C=O) groups excluding carboxylic acids is 2. The molecule has 3 aromatic rings. The molecule has 1 aliphatic carbocycles. The number of benzene rings is 1. The number of nitrogens with one attached hydrogen (secondary N) is 1. The van der Waals surface area contributed by atoms with Crippen molar-refractivity contribution in [1.29, 1.82) is 0 Å². The summed E-state index contributed by atoms with van der Waals surface area (Å²) in [6.45, 7) is 2.43. The Morgan fingerprint density at radius 1 is 1.30 bits per heavy atom.